The van der Waals surface area contributed by atoms with Crippen LogP contribution >= 0.6 is 0 Å². The summed E-state index contributed by atoms with van der Waals surface area (Å²) in [7, 11) is 3.15. The molecule has 1 fully saturated rings. The number of rotatable bonds is 6. The van der Waals surface area contributed by atoms with E-state index < -0.39 is 29.2 Å². The van der Waals surface area contributed by atoms with Crippen molar-refractivity contribution in [2.75, 3.05) is 26.0 Å². The van der Waals surface area contributed by atoms with E-state index >= 15 is 0 Å². The molecule has 0 aromatic heterocycles. The van der Waals surface area contributed by atoms with Crippen LogP contribution in [0.4, 0.5) is 18.9 Å². The molecule has 164 valence electrons. The molecule has 1 aliphatic carbocycles. The summed E-state index contributed by atoms with van der Waals surface area (Å²) >= 11 is 0. The summed E-state index contributed by atoms with van der Waals surface area (Å²) < 4.78 is 39.3. The van der Waals surface area contributed by atoms with Crippen LogP contribution in [0, 0.1) is 11.3 Å². The molecule has 2 rings (SSSR count). The third-order valence-corrected chi connectivity index (χ3v) is 5.78. The van der Waals surface area contributed by atoms with E-state index in [2.05, 4.69) is 11.4 Å². The molecule has 1 aromatic rings. The minimum absolute atomic E-state index is 0.271. The van der Waals surface area contributed by atoms with Crippen LogP contribution in [-0.2, 0) is 15.8 Å². The largest absolute Gasteiger partial charge is 0.418 e. The van der Waals surface area contributed by atoms with E-state index in [0.29, 0.717) is 12.8 Å². The number of carbonyl (C=O) groups is 2. The maximum atomic E-state index is 13.1. The molecule has 6 nitrogen and oxygen atoms in total. The quantitative estimate of drug-likeness (QED) is 0.756. The van der Waals surface area contributed by atoms with Gasteiger partial charge in [-0.3, -0.25) is 14.5 Å². The molecule has 1 saturated carbocycles. The highest BCUT2D eigenvalue weighted by atomic mass is 19.4. The van der Waals surface area contributed by atoms with Gasteiger partial charge in [0.05, 0.1) is 29.9 Å². The van der Waals surface area contributed by atoms with Gasteiger partial charge in [0.15, 0.2) is 0 Å². The van der Waals surface area contributed by atoms with E-state index in [9.17, 15) is 28.0 Å². The maximum Gasteiger partial charge on any atom is 0.418 e. The summed E-state index contributed by atoms with van der Waals surface area (Å²) in [6.07, 6.45) is -0.603. The van der Waals surface area contributed by atoms with Crippen LogP contribution in [0.5, 0.6) is 0 Å². The van der Waals surface area contributed by atoms with Gasteiger partial charge in [0, 0.05) is 7.05 Å². The Hall–Kier alpha value is -2.60. The number of benzene rings is 1. The van der Waals surface area contributed by atoms with Gasteiger partial charge < -0.3 is 10.2 Å². The van der Waals surface area contributed by atoms with Gasteiger partial charge in [-0.05, 0) is 38.9 Å². The molecule has 2 amide bonds. The van der Waals surface area contributed by atoms with E-state index in [-0.39, 0.29) is 18.1 Å². The van der Waals surface area contributed by atoms with Crippen LogP contribution in [0.25, 0.3) is 0 Å². The van der Waals surface area contributed by atoms with Gasteiger partial charge in [0.1, 0.15) is 5.54 Å². The molecule has 0 saturated heterocycles. The van der Waals surface area contributed by atoms with Crippen LogP contribution < -0.4 is 5.32 Å². The van der Waals surface area contributed by atoms with Crippen LogP contribution in [0.15, 0.2) is 24.3 Å². The fourth-order valence-corrected chi connectivity index (χ4v) is 3.73. The summed E-state index contributed by atoms with van der Waals surface area (Å²) in [6, 6.07) is 6.30. The molecule has 1 atom stereocenters. The first-order valence-corrected chi connectivity index (χ1v) is 9.87. The Balaban J connectivity index is 2.03. The number of nitrogens with one attached hydrogen (secondary N) is 1. The first-order chi connectivity index (χ1) is 14.0. The molecule has 0 unspecified atom stereocenters. The number of hydrogen-bond donors (Lipinski definition) is 1. The molecule has 1 aliphatic rings. The Morgan fingerprint density at radius 1 is 1.20 bits per heavy atom. The summed E-state index contributed by atoms with van der Waals surface area (Å²) in [4.78, 5) is 28.2. The molecule has 1 N–H and O–H groups in total. The molecule has 9 heteroatoms. The molecule has 0 radical (unpaired) electrons. The first kappa shape index (κ1) is 23.7. The molecular weight excluding hydrogens is 397 g/mol. The third kappa shape index (κ3) is 5.30. The minimum Gasteiger partial charge on any atom is -0.326 e. The zero-order valence-corrected chi connectivity index (χ0v) is 17.4. The number of likely N-dealkylation sites (N-methyl/N-ethyl adjacent to an activating group) is 2. The highest BCUT2D eigenvalue weighted by Crippen LogP contribution is 2.35. The van der Waals surface area contributed by atoms with Crippen molar-refractivity contribution in [3.05, 3.63) is 29.8 Å². The fraction of sp³-hybridized carbons (Fsp3) is 0.571. The topological polar surface area (TPSA) is 76.4 Å². The van der Waals surface area contributed by atoms with E-state index in [0.717, 1.165) is 25.3 Å². The second-order valence-corrected chi connectivity index (χ2v) is 7.78. The molecule has 0 heterocycles. The van der Waals surface area contributed by atoms with Crippen LogP contribution in [-0.4, -0.2) is 53.8 Å². The highest BCUT2D eigenvalue weighted by molar-refractivity contribution is 5.93. The second-order valence-electron chi connectivity index (χ2n) is 7.78. The van der Waals surface area contributed by atoms with Gasteiger partial charge in [0.2, 0.25) is 11.8 Å². The van der Waals surface area contributed by atoms with Crippen molar-refractivity contribution in [3.8, 4) is 6.07 Å². The number of amides is 2. The predicted octanol–water partition coefficient (Wildman–Crippen LogP) is 3.65. The number of carbonyl (C=O) groups excluding carboxylic acids is 2. The number of nitriles is 1. The van der Waals surface area contributed by atoms with Crippen molar-refractivity contribution in [3.63, 3.8) is 0 Å². The zero-order chi connectivity index (χ0) is 22.5. The smallest absolute Gasteiger partial charge is 0.326 e. The van der Waals surface area contributed by atoms with E-state index in [1.54, 1.807) is 21.0 Å². The van der Waals surface area contributed by atoms with Gasteiger partial charge in [-0.15, -0.1) is 0 Å². The first-order valence-electron chi connectivity index (χ1n) is 9.87. The van der Waals surface area contributed by atoms with Crippen LogP contribution in [0.1, 0.15) is 44.6 Å². The number of para-hydroxylation sites is 1. The number of alkyl halides is 3. The van der Waals surface area contributed by atoms with Crippen molar-refractivity contribution in [1.82, 2.24) is 9.80 Å². The van der Waals surface area contributed by atoms with Crippen LogP contribution in [0.2, 0.25) is 0 Å². The van der Waals surface area contributed by atoms with Crippen molar-refractivity contribution >= 4 is 17.5 Å². The standard InChI is InChI=1S/C21H27F3N4O2/c1-15(19(30)28(3)20(14-25)11-7-4-8-12-20)27(2)13-18(29)26-17-10-6-5-9-16(17)21(22,23)24/h5-6,9-10,15H,4,7-8,11-13H2,1-3H3,(H,26,29)/t15-/m0/s1. The lowest BCUT2D eigenvalue weighted by Gasteiger charge is -2.41. The Bertz CT molecular complexity index is 813. The number of hydrogen-bond acceptors (Lipinski definition) is 4. The lowest BCUT2D eigenvalue weighted by molar-refractivity contribution is -0.140. The predicted molar refractivity (Wildman–Crippen MR) is 106 cm³/mol. The monoisotopic (exact) mass is 424 g/mol. The van der Waals surface area contributed by atoms with Crippen LogP contribution in [0.3, 0.4) is 0 Å². The molecule has 1 aromatic carbocycles. The van der Waals surface area contributed by atoms with Gasteiger partial charge in [-0.25, -0.2) is 0 Å². The van der Waals surface area contributed by atoms with Crippen molar-refractivity contribution in [1.29, 1.82) is 5.26 Å². The third-order valence-electron chi connectivity index (χ3n) is 5.78. The molecular formula is C21H27F3N4O2. The summed E-state index contributed by atoms with van der Waals surface area (Å²) in [5, 5.41) is 11.9. The Kier molecular flexibility index (Phi) is 7.48. The lowest BCUT2D eigenvalue weighted by atomic mass is 9.81. The summed E-state index contributed by atoms with van der Waals surface area (Å²) in [5.74, 6) is -0.964. The molecule has 30 heavy (non-hydrogen) atoms. The summed E-state index contributed by atoms with van der Waals surface area (Å²) in [6.45, 7) is 1.34. The van der Waals surface area contributed by atoms with Crippen molar-refractivity contribution in [2.24, 2.45) is 0 Å². The van der Waals surface area contributed by atoms with Gasteiger partial charge in [0.25, 0.3) is 0 Å². The molecule has 0 bridgehead atoms. The number of halogens is 3. The Morgan fingerprint density at radius 2 is 1.80 bits per heavy atom. The fourth-order valence-electron chi connectivity index (χ4n) is 3.73. The lowest BCUT2D eigenvalue weighted by Crippen LogP contribution is -2.55. The Labute approximate surface area is 174 Å². The normalized spacial score (nSPS) is 17.1. The maximum absolute atomic E-state index is 13.1. The SMILES string of the molecule is C[C@@H](C(=O)N(C)C1(C#N)CCCCC1)N(C)CC(=O)Nc1ccccc1C(F)(F)F. The molecule has 0 spiro atoms. The van der Waals surface area contributed by atoms with Gasteiger partial charge in [-0.2, -0.15) is 18.4 Å². The van der Waals surface area contributed by atoms with E-state index in [4.69, 9.17) is 0 Å². The van der Waals surface area contributed by atoms with Crippen molar-refractivity contribution in [2.45, 2.75) is 56.8 Å². The number of anilines is 1. The van der Waals surface area contributed by atoms with Gasteiger partial charge in [-0.1, -0.05) is 31.4 Å². The van der Waals surface area contributed by atoms with E-state index in [1.807, 2.05) is 0 Å². The van der Waals surface area contributed by atoms with Crippen molar-refractivity contribution < 1.29 is 22.8 Å². The Morgan fingerprint density at radius 3 is 2.37 bits per heavy atom. The highest BCUT2D eigenvalue weighted by Gasteiger charge is 2.41. The second kappa shape index (κ2) is 9.47. The zero-order valence-electron chi connectivity index (χ0n) is 17.4. The average Bonchev–Trinajstić information content (AvgIpc) is 2.72. The van der Waals surface area contributed by atoms with E-state index in [1.165, 1.54) is 28.0 Å². The summed E-state index contributed by atoms with van der Waals surface area (Å²) in [5.41, 5.74) is -2.11. The van der Waals surface area contributed by atoms with Gasteiger partial charge >= 0.3 is 6.18 Å². The average molecular weight is 424 g/mol. The number of nitrogens with zero attached hydrogens (tertiary/aromatic N) is 3. The molecule has 0 aliphatic heterocycles. The minimum atomic E-state index is -4.59.